The summed E-state index contributed by atoms with van der Waals surface area (Å²) in [6, 6.07) is 6.52. The fourth-order valence-corrected chi connectivity index (χ4v) is 4.18. The average Bonchev–Trinajstić information content (AvgIpc) is 3.57. The monoisotopic (exact) mass is 369 g/mol. The van der Waals surface area contributed by atoms with E-state index in [0.29, 0.717) is 18.5 Å². The highest BCUT2D eigenvalue weighted by Crippen LogP contribution is 2.38. The molecule has 0 spiro atoms. The van der Waals surface area contributed by atoms with E-state index >= 15 is 0 Å². The zero-order chi connectivity index (χ0) is 19.0. The van der Waals surface area contributed by atoms with Gasteiger partial charge in [0.1, 0.15) is 0 Å². The molecule has 1 N–H and O–H groups in total. The van der Waals surface area contributed by atoms with Crippen molar-refractivity contribution in [2.45, 2.75) is 64.0 Å². The van der Waals surface area contributed by atoms with Crippen LogP contribution < -0.4 is 10.2 Å². The maximum Gasteiger partial charge on any atom is 0.227 e. The summed E-state index contributed by atoms with van der Waals surface area (Å²) >= 11 is 0. The molecule has 0 saturated heterocycles. The summed E-state index contributed by atoms with van der Waals surface area (Å²) in [4.78, 5) is 29.4. The maximum atomic E-state index is 12.8. The third-order valence-electron chi connectivity index (χ3n) is 6.09. The van der Waals surface area contributed by atoms with E-state index in [-0.39, 0.29) is 17.7 Å². The molecular weight excluding hydrogens is 338 g/mol. The van der Waals surface area contributed by atoms with Crippen molar-refractivity contribution in [1.82, 2.24) is 4.90 Å². The van der Waals surface area contributed by atoms with E-state index in [1.807, 2.05) is 20.2 Å². The second kappa shape index (κ2) is 7.53. The van der Waals surface area contributed by atoms with Crippen LogP contribution in [0.5, 0.6) is 0 Å². The van der Waals surface area contributed by atoms with E-state index in [4.69, 9.17) is 0 Å². The number of nitrogens with zero attached hydrogens (tertiary/aromatic N) is 2. The first-order chi connectivity index (χ1) is 13.0. The van der Waals surface area contributed by atoms with Gasteiger partial charge in [-0.15, -0.1) is 0 Å². The number of benzene rings is 1. The molecule has 1 aromatic rings. The summed E-state index contributed by atoms with van der Waals surface area (Å²) in [5.74, 6) is 0.867. The van der Waals surface area contributed by atoms with E-state index in [1.165, 1.54) is 0 Å². The molecule has 0 heterocycles. The molecule has 3 fully saturated rings. The molecule has 1 aromatic carbocycles. The second-order valence-corrected chi connectivity index (χ2v) is 8.68. The van der Waals surface area contributed by atoms with Crippen molar-refractivity contribution >= 4 is 23.2 Å². The Morgan fingerprint density at radius 1 is 1.00 bits per heavy atom. The summed E-state index contributed by atoms with van der Waals surface area (Å²) < 4.78 is 0. The van der Waals surface area contributed by atoms with Crippen LogP contribution in [0.1, 0.15) is 56.9 Å². The topological polar surface area (TPSA) is 52.7 Å². The summed E-state index contributed by atoms with van der Waals surface area (Å²) in [5, 5.41) is 3.11. The lowest BCUT2D eigenvalue weighted by Gasteiger charge is -2.26. The predicted octanol–water partition coefficient (Wildman–Crippen LogP) is 3.78. The summed E-state index contributed by atoms with van der Waals surface area (Å²) in [6.07, 6.45) is 8.63. The molecule has 0 aliphatic heterocycles. The zero-order valence-electron chi connectivity index (χ0n) is 16.5. The van der Waals surface area contributed by atoms with Gasteiger partial charge in [0.05, 0.1) is 0 Å². The first-order valence-corrected chi connectivity index (χ1v) is 10.4. The van der Waals surface area contributed by atoms with Gasteiger partial charge in [-0.3, -0.25) is 9.59 Å². The molecule has 0 radical (unpaired) electrons. The lowest BCUT2D eigenvalue weighted by Crippen LogP contribution is -2.34. The van der Waals surface area contributed by atoms with Gasteiger partial charge in [-0.2, -0.15) is 0 Å². The van der Waals surface area contributed by atoms with Crippen molar-refractivity contribution in [1.29, 1.82) is 0 Å². The first-order valence-electron chi connectivity index (χ1n) is 10.4. The number of hydrogen-bond donors (Lipinski definition) is 1. The quantitative estimate of drug-likeness (QED) is 0.796. The number of carbonyl (C=O) groups excluding carboxylic acids is 2. The smallest absolute Gasteiger partial charge is 0.227 e. The fraction of sp³-hybridized carbons (Fsp3) is 0.636. The van der Waals surface area contributed by atoms with Crippen LogP contribution in [0.3, 0.4) is 0 Å². The molecule has 5 heteroatoms. The number of carbonyl (C=O) groups is 2. The van der Waals surface area contributed by atoms with Gasteiger partial charge < -0.3 is 15.1 Å². The van der Waals surface area contributed by atoms with Crippen LogP contribution in [0.2, 0.25) is 0 Å². The maximum absolute atomic E-state index is 12.8. The molecular formula is C22H31N3O2. The molecule has 0 atom stereocenters. The van der Waals surface area contributed by atoms with E-state index in [9.17, 15) is 9.59 Å². The average molecular weight is 370 g/mol. The van der Waals surface area contributed by atoms with E-state index in [2.05, 4.69) is 27.2 Å². The molecule has 2 amide bonds. The van der Waals surface area contributed by atoms with Crippen molar-refractivity contribution < 1.29 is 9.59 Å². The molecule has 0 unspecified atom stereocenters. The van der Waals surface area contributed by atoms with Crippen LogP contribution in [0.4, 0.5) is 11.4 Å². The molecule has 5 nitrogen and oxygen atoms in total. The summed E-state index contributed by atoms with van der Waals surface area (Å²) in [7, 11) is 4.06. The first kappa shape index (κ1) is 18.3. The van der Waals surface area contributed by atoms with Crippen molar-refractivity contribution in [3.05, 3.63) is 23.8 Å². The van der Waals surface area contributed by atoms with Crippen LogP contribution in [-0.2, 0) is 16.1 Å². The summed E-state index contributed by atoms with van der Waals surface area (Å²) in [5.41, 5.74) is 3.08. The van der Waals surface area contributed by atoms with Gasteiger partial charge >= 0.3 is 0 Å². The Balaban J connectivity index is 1.53. The Hall–Kier alpha value is -2.04. The number of amides is 2. The molecule has 27 heavy (non-hydrogen) atoms. The van der Waals surface area contributed by atoms with Gasteiger partial charge in [-0.25, -0.2) is 0 Å². The van der Waals surface area contributed by atoms with Gasteiger partial charge in [-0.1, -0.05) is 12.8 Å². The standard InChI is InChI=1S/C22H31N3O2/c1-24(2)20-12-9-18(23-21(26)15-5-3-4-6-15)13-17(20)14-25(19-10-11-19)22(27)16-7-8-16/h9,12-13,15-16,19H,3-8,10-11,14H2,1-2H3,(H,23,26). The van der Waals surface area contributed by atoms with Crippen LogP contribution in [0, 0.1) is 11.8 Å². The number of rotatable bonds is 7. The number of hydrogen-bond acceptors (Lipinski definition) is 3. The highest BCUT2D eigenvalue weighted by atomic mass is 16.2. The Morgan fingerprint density at radius 3 is 2.30 bits per heavy atom. The zero-order valence-corrected chi connectivity index (χ0v) is 16.5. The Morgan fingerprint density at radius 2 is 1.70 bits per heavy atom. The van der Waals surface area contributed by atoms with Gasteiger partial charge in [0.25, 0.3) is 0 Å². The Bertz CT molecular complexity index is 716. The van der Waals surface area contributed by atoms with E-state index < -0.39 is 0 Å². The van der Waals surface area contributed by atoms with Gasteiger partial charge in [0, 0.05) is 49.9 Å². The minimum atomic E-state index is 0.143. The molecule has 3 aliphatic carbocycles. The van der Waals surface area contributed by atoms with Crippen molar-refractivity contribution in [2.75, 3.05) is 24.3 Å². The molecule has 146 valence electrons. The number of nitrogens with one attached hydrogen (secondary N) is 1. The molecule has 4 rings (SSSR count). The highest BCUT2D eigenvalue weighted by molar-refractivity contribution is 5.93. The second-order valence-electron chi connectivity index (χ2n) is 8.68. The minimum Gasteiger partial charge on any atom is -0.377 e. The molecule has 3 aliphatic rings. The van der Waals surface area contributed by atoms with Crippen LogP contribution in [-0.4, -0.2) is 36.9 Å². The van der Waals surface area contributed by atoms with Crippen molar-refractivity contribution in [3.63, 3.8) is 0 Å². The third-order valence-corrected chi connectivity index (χ3v) is 6.09. The largest absolute Gasteiger partial charge is 0.377 e. The van der Waals surface area contributed by atoms with Gasteiger partial charge in [-0.05, 0) is 62.3 Å². The van der Waals surface area contributed by atoms with Crippen molar-refractivity contribution in [2.24, 2.45) is 11.8 Å². The Kier molecular flexibility index (Phi) is 5.11. The lowest BCUT2D eigenvalue weighted by molar-refractivity contribution is -0.133. The van der Waals surface area contributed by atoms with Crippen LogP contribution in [0.15, 0.2) is 18.2 Å². The van der Waals surface area contributed by atoms with Gasteiger partial charge in [0.15, 0.2) is 0 Å². The van der Waals surface area contributed by atoms with E-state index in [1.54, 1.807) is 0 Å². The normalized spacial score (nSPS) is 19.8. The molecule has 0 bridgehead atoms. The summed E-state index contributed by atoms with van der Waals surface area (Å²) in [6.45, 7) is 0.640. The van der Waals surface area contributed by atoms with Gasteiger partial charge in [0.2, 0.25) is 11.8 Å². The lowest BCUT2D eigenvalue weighted by atomic mass is 10.1. The van der Waals surface area contributed by atoms with Crippen LogP contribution >= 0.6 is 0 Å². The minimum absolute atomic E-state index is 0.143. The third kappa shape index (κ3) is 4.28. The fourth-order valence-electron chi connectivity index (χ4n) is 4.18. The Labute approximate surface area is 162 Å². The molecule has 0 aromatic heterocycles. The SMILES string of the molecule is CN(C)c1ccc(NC(=O)C2CCCC2)cc1CN(C(=O)C1CC1)C1CC1. The number of anilines is 2. The highest BCUT2D eigenvalue weighted by Gasteiger charge is 2.40. The van der Waals surface area contributed by atoms with Crippen molar-refractivity contribution in [3.8, 4) is 0 Å². The molecule has 3 saturated carbocycles. The van der Waals surface area contributed by atoms with E-state index in [0.717, 1.165) is 68.3 Å². The van der Waals surface area contributed by atoms with Crippen LogP contribution in [0.25, 0.3) is 0 Å². The predicted molar refractivity (Wildman–Crippen MR) is 108 cm³/mol.